The fraction of sp³-hybridized carbons (Fsp3) is 0.538. The Bertz CT molecular complexity index is 290. The number of hydrogen-bond donors (Lipinski definition) is 1. The van der Waals surface area contributed by atoms with Gasteiger partial charge >= 0.3 is 0 Å². The summed E-state index contributed by atoms with van der Waals surface area (Å²) < 4.78 is 15.8. The summed E-state index contributed by atoms with van der Waals surface area (Å²) in [6, 6.07) is 0. The molecule has 0 fully saturated rings. The number of methoxy groups -OCH3 is 2. The third-order valence-electron chi connectivity index (χ3n) is 2.47. The maximum Gasteiger partial charge on any atom is 0.228 e. The van der Waals surface area contributed by atoms with E-state index in [1.54, 1.807) is 0 Å². The fourth-order valence-electron chi connectivity index (χ4n) is 1.69. The molecule has 1 heterocycles. The molecule has 0 spiro atoms. The monoisotopic (exact) mass is 242 g/mol. The lowest BCUT2D eigenvalue weighted by atomic mass is 9.96. The van der Waals surface area contributed by atoms with E-state index in [2.05, 4.69) is 13.2 Å². The zero-order valence-electron chi connectivity index (χ0n) is 11.0. The summed E-state index contributed by atoms with van der Waals surface area (Å²) in [7, 11) is 2.92. The largest absolute Gasteiger partial charge is 0.490 e. The van der Waals surface area contributed by atoms with Crippen LogP contribution in [0.25, 0.3) is 0 Å². The van der Waals surface area contributed by atoms with Gasteiger partial charge in [-0.3, -0.25) is 0 Å². The van der Waals surface area contributed by atoms with Crippen molar-refractivity contribution < 1.29 is 19.3 Å². The van der Waals surface area contributed by atoms with Crippen molar-refractivity contribution in [2.75, 3.05) is 20.8 Å². The summed E-state index contributed by atoms with van der Waals surface area (Å²) >= 11 is 0. The van der Waals surface area contributed by atoms with Crippen LogP contribution in [0.1, 0.15) is 13.8 Å². The van der Waals surface area contributed by atoms with E-state index in [9.17, 15) is 5.11 Å². The molecule has 0 bridgehead atoms. The molecule has 0 aromatic heterocycles. The van der Waals surface area contributed by atoms with E-state index in [-0.39, 0.29) is 6.61 Å². The van der Waals surface area contributed by atoms with Gasteiger partial charge in [0.2, 0.25) is 5.79 Å². The Hall–Kier alpha value is -1.10. The molecule has 1 aliphatic rings. The third kappa shape index (κ3) is 2.77. The van der Waals surface area contributed by atoms with Crippen molar-refractivity contribution in [2.45, 2.75) is 25.7 Å². The molecule has 0 aromatic carbocycles. The molecule has 0 saturated carbocycles. The first kappa shape index (κ1) is 15.9. The number of ether oxygens (including phenoxy) is 3. The molecule has 1 atom stereocenters. The van der Waals surface area contributed by atoms with Crippen LogP contribution in [-0.2, 0) is 14.2 Å². The van der Waals surface area contributed by atoms with Gasteiger partial charge in [-0.2, -0.15) is 0 Å². The minimum atomic E-state index is -1.22. The van der Waals surface area contributed by atoms with Crippen molar-refractivity contribution >= 4 is 0 Å². The van der Waals surface area contributed by atoms with Crippen molar-refractivity contribution in [1.82, 2.24) is 0 Å². The SMILES string of the molecule is C=CC1=C(C=C)C(OC)(OC)C(O)CO1.CC. The number of allylic oxidation sites excluding steroid dienone is 1. The minimum Gasteiger partial charge on any atom is -0.490 e. The summed E-state index contributed by atoms with van der Waals surface area (Å²) in [5.74, 6) is -0.706. The van der Waals surface area contributed by atoms with E-state index in [0.717, 1.165) is 0 Å². The highest BCUT2D eigenvalue weighted by molar-refractivity contribution is 5.36. The summed E-state index contributed by atoms with van der Waals surface area (Å²) in [4.78, 5) is 0. The van der Waals surface area contributed by atoms with Crippen molar-refractivity contribution in [3.63, 3.8) is 0 Å². The predicted octanol–water partition coefficient (Wildman–Crippen LogP) is 2.02. The summed E-state index contributed by atoms with van der Waals surface area (Å²) in [6.07, 6.45) is 2.17. The maximum atomic E-state index is 9.84. The maximum absolute atomic E-state index is 9.84. The first-order chi connectivity index (χ1) is 8.16. The average Bonchev–Trinajstić information content (AvgIpc) is 2.40. The Morgan fingerprint density at radius 3 is 2.18 bits per heavy atom. The molecule has 1 N–H and O–H groups in total. The van der Waals surface area contributed by atoms with Crippen LogP contribution in [0.3, 0.4) is 0 Å². The van der Waals surface area contributed by atoms with Gasteiger partial charge in [0.05, 0.1) is 5.57 Å². The molecule has 1 aliphatic heterocycles. The van der Waals surface area contributed by atoms with E-state index >= 15 is 0 Å². The van der Waals surface area contributed by atoms with Crippen LogP contribution in [0, 0.1) is 0 Å². The molecular weight excluding hydrogens is 220 g/mol. The highest BCUT2D eigenvalue weighted by Gasteiger charge is 2.46. The fourth-order valence-corrected chi connectivity index (χ4v) is 1.69. The number of aliphatic hydroxyl groups excluding tert-OH is 1. The first-order valence-corrected chi connectivity index (χ1v) is 5.57. The van der Waals surface area contributed by atoms with Gasteiger partial charge in [-0.25, -0.2) is 0 Å². The second-order valence-corrected chi connectivity index (χ2v) is 3.09. The molecule has 0 aromatic rings. The Morgan fingerprint density at radius 2 is 1.82 bits per heavy atom. The van der Waals surface area contributed by atoms with Crippen LogP contribution < -0.4 is 0 Å². The van der Waals surface area contributed by atoms with Crippen molar-refractivity contribution in [3.05, 3.63) is 36.6 Å². The third-order valence-corrected chi connectivity index (χ3v) is 2.47. The minimum absolute atomic E-state index is 0.0976. The smallest absolute Gasteiger partial charge is 0.228 e. The van der Waals surface area contributed by atoms with Crippen LogP contribution >= 0.6 is 0 Å². The van der Waals surface area contributed by atoms with E-state index in [0.29, 0.717) is 11.3 Å². The molecule has 0 radical (unpaired) electrons. The zero-order chi connectivity index (χ0) is 13.5. The molecule has 0 aliphatic carbocycles. The first-order valence-electron chi connectivity index (χ1n) is 5.57. The lowest BCUT2D eigenvalue weighted by Gasteiger charge is -2.40. The molecular formula is C13H22O4. The Kier molecular flexibility index (Phi) is 6.80. The van der Waals surface area contributed by atoms with Crippen LogP contribution in [0.2, 0.25) is 0 Å². The van der Waals surface area contributed by atoms with Gasteiger partial charge in [-0.05, 0) is 6.08 Å². The predicted molar refractivity (Wildman–Crippen MR) is 67.5 cm³/mol. The zero-order valence-corrected chi connectivity index (χ0v) is 11.0. The van der Waals surface area contributed by atoms with Gasteiger partial charge in [-0.15, -0.1) is 0 Å². The van der Waals surface area contributed by atoms with Gasteiger partial charge in [0.25, 0.3) is 0 Å². The van der Waals surface area contributed by atoms with Crippen LogP contribution in [-0.4, -0.2) is 37.8 Å². The molecule has 1 rings (SSSR count). The number of rotatable bonds is 4. The van der Waals surface area contributed by atoms with E-state index in [1.165, 1.54) is 26.4 Å². The average molecular weight is 242 g/mol. The summed E-state index contributed by atoms with van der Waals surface area (Å²) in [6.45, 7) is 11.4. The normalized spacial score (nSPS) is 22.1. The molecule has 98 valence electrons. The highest BCUT2D eigenvalue weighted by Crippen LogP contribution is 2.34. The lowest BCUT2D eigenvalue weighted by molar-refractivity contribution is -0.248. The number of aliphatic hydroxyl groups is 1. The second kappa shape index (κ2) is 7.27. The topological polar surface area (TPSA) is 47.9 Å². The quantitative estimate of drug-likeness (QED) is 0.766. The Morgan fingerprint density at radius 1 is 1.29 bits per heavy atom. The Labute approximate surface area is 103 Å². The van der Waals surface area contributed by atoms with Crippen LogP contribution in [0.5, 0.6) is 0 Å². The van der Waals surface area contributed by atoms with Gasteiger partial charge in [0, 0.05) is 14.2 Å². The number of hydrogen-bond acceptors (Lipinski definition) is 4. The van der Waals surface area contributed by atoms with Gasteiger partial charge in [0.15, 0.2) is 0 Å². The Balaban J connectivity index is 0.00000121. The van der Waals surface area contributed by atoms with Gasteiger partial charge < -0.3 is 19.3 Å². The van der Waals surface area contributed by atoms with Gasteiger partial charge in [-0.1, -0.05) is 33.1 Å². The molecule has 17 heavy (non-hydrogen) atoms. The standard InChI is InChI=1S/C11H16O4.C2H6/c1-5-8-9(6-2)15-7-10(12)11(8,13-3)14-4;1-2/h5-6,10,12H,1-2,7H2,3-4H3;1-2H3. The van der Waals surface area contributed by atoms with Crippen LogP contribution in [0.4, 0.5) is 0 Å². The van der Waals surface area contributed by atoms with E-state index < -0.39 is 11.9 Å². The summed E-state index contributed by atoms with van der Waals surface area (Å²) in [5.41, 5.74) is 0.543. The van der Waals surface area contributed by atoms with Crippen molar-refractivity contribution in [1.29, 1.82) is 0 Å². The van der Waals surface area contributed by atoms with Crippen LogP contribution in [0.15, 0.2) is 36.6 Å². The lowest BCUT2D eigenvalue weighted by Crippen LogP contribution is -2.52. The second-order valence-electron chi connectivity index (χ2n) is 3.09. The van der Waals surface area contributed by atoms with Gasteiger partial charge in [0.1, 0.15) is 18.5 Å². The van der Waals surface area contributed by atoms with Crippen molar-refractivity contribution in [3.8, 4) is 0 Å². The molecule has 1 unspecified atom stereocenters. The van der Waals surface area contributed by atoms with E-state index in [4.69, 9.17) is 14.2 Å². The molecule has 4 heteroatoms. The molecule has 0 amide bonds. The highest BCUT2D eigenvalue weighted by atomic mass is 16.7. The molecule has 4 nitrogen and oxygen atoms in total. The van der Waals surface area contributed by atoms with Crippen molar-refractivity contribution in [2.24, 2.45) is 0 Å². The van der Waals surface area contributed by atoms with E-state index in [1.807, 2.05) is 13.8 Å². The summed E-state index contributed by atoms with van der Waals surface area (Å²) in [5, 5.41) is 9.84. The molecule has 0 saturated heterocycles.